The first-order valence-corrected chi connectivity index (χ1v) is 8.23. The van der Waals surface area contributed by atoms with Crippen molar-refractivity contribution in [1.29, 1.82) is 0 Å². The first-order valence-electron chi connectivity index (χ1n) is 8.23. The Kier molecular flexibility index (Phi) is 4.90. The molecule has 0 bridgehead atoms. The molecule has 1 aromatic carbocycles. The number of hydrogen-bond donors (Lipinski definition) is 1. The third-order valence-corrected chi connectivity index (χ3v) is 4.36. The Morgan fingerprint density at radius 2 is 2.05 bits per heavy atom. The lowest BCUT2D eigenvalue weighted by Crippen LogP contribution is -2.38. The van der Waals surface area contributed by atoms with Crippen LogP contribution in [0.4, 0.5) is 0 Å². The minimum atomic E-state index is -0.352. The quantitative estimate of drug-likeness (QED) is 0.889. The van der Waals surface area contributed by atoms with Crippen LogP contribution in [0.1, 0.15) is 30.3 Å². The van der Waals surface area contributed by atoms with Gasteiger partial charge >= 0.3 is 0 Å². The number of aryl methyl sites for hydroxylation is 1. The summed E-state index contributed by atoms with van der Waals surface area (Å²) >= 11 is 0. The van der Waals surface area contributed by atoms with Gasteiger partial charge in [-0.15, -0.1) is 0 Å². The molecule has 1 aliphatic heterocycles. The number of fused-ring (bicyclic) bond motifs is 1. The zero-order valence-electron chi connectivity index (χ0n) is 13.3. The molecule has 0 radical (unpaired) electrons. The van der Waals surface area contributed by atoms with Gasteiger partial charge in [0.2, 0.25) is 0 Å². The van der Waals surface area contributed by atoms with Crippen molar-refractivity contribution in [3.8, 4) is 0 Å². The van der Waals surface area contributed by atoms with Crippen LogP contribution in [0.25, 0.3) is 0 Å². The number of hydrogen-bond acceptors (Lipinski definition) is 3. The Hall–Kier alpha value is -1.65. The van der Waals surface area contributed by atoms with Gasteiger partial charge in [0.25, 0.3) is 0 Å². The average molecular weight is 299 g/mol. The highest BCUT2D eigenvalue weighted by atomic mass is 16.3. The predicted molar refractivity (Wildman–Crippen MR) is 87.7 cm³/mol. The number of rotatable bonds is 6. The fourth-order valence-electron chi connectivity index (χ4n) is 3.25. The highest BCUT2D eigenvalue weighted by molar-refractivity contribution is 5.29. The van der Waals surface area contributed by atoms with Gasteiger partial charge in [0, 0.05) is 38.4 Å². The largest absolute Gasteiger partial charge is 0.390 e. The van der Waals surface area contributed by atoms with Gasteiger partial charge in [-0.2, -0.15) is 0 Å². The first-order chi connectivity index (χ1) is 10.8. The summed E-state index contributed by atoms with van der Waals surface area (Å²) in [4.78, 5) is 6.72. The highest BCUT2D eigenvalue weighted by Crippen LogP contribution is 2.18. The number of nitrogens with zero attached hydrogens (tertiary/aromatic N) is 3. The Morgan fingerprint density at radius 3 is 2.86 bits per heavy atom. The van der Waals surface area contributed by atoms with Crippen molar-refractivity contribution in [2.24, 2.45) is 0 Å². The van der Waals surface area contributed by atoms with E-state index in [1.165, 1.54) is 11.1 Å². The van der Waals surface area contributed by atoms with E-state index in [1.807, 2.05) is 12.4 Å². The van der Waals surface area contributed by atoms with Crippen LogP contribution in [0.2, 0.25) is 0 Å². The van der Waals surface area contributed by atoms with E-state index in [0.29, 0.717) is 6.54 Å². The maximum atomic E-state index is 10.4. The van der Waals surface area contributed by atoms with Crippen LogP contribution in [-0.4, -0.2) is 38.8 Å². The molecule has 0 amide bonds. The van der Waals surface area contributed by atoms with Crippen molar-refractivity contribution < 1.29 is 5.11 Å². The molecule has 0 saturated heterocycles. The molecule has 1 atom stereocenters. The third-order valence-electron chi connectivity index (χ3n) is 4.36. The van der Waals surface area contributed by atoms with Gasteiger partial charge in [-0.3, -0.25) is 4.90 Å². The van der Waals surface area contributed by atoms with Gasteiger partial charge in [0.1, 0.15) is 5.82 Å². The molecule has 2 heterocycles. The first kappa shape index (κ1) is 15.3. The number of benzene rings is 1. The second-order valence-electron chi connectivity index (χ2n) is 6.15. The van der Waals surface area contributed by atoms with Crippen molar-refractivity contribution in [1.82, 2.24) is 14.5 Å². The van der Waals surface area contributed by atoms with Crippen LogP contribution in [0, 0.1) is 0 Å². The summed E-state index contributed by atoms with van der Waals surface area (Å²) in [6, 6.07) is 8.62. The van der Waals surface area contributed by atoms with Gasteiger partial charge in [-0.05, 0) is 24.0 Å². The lowest BCUT2D eigenvalue weighted by atomic mass is 10.00. The summed E-state index contributed by atoms with van der Waals surface area (Å²) in [6.45, 7) is 5.48. The summed E-state index contributed by atoms with van der Waals surface area (Å²) in [5.41, 5.74) is 2.85. The lowest BCUT2D eigenvalue weighted by Gasteiger charge is -2.30. The van der Waals surface area contributed by atoms with Crippen molar-refractivity contribution in [3.05, 3.63) is 53.6 Å². The number of aliphatic hydroxyl groups excluding tert-OH is 1. The van der Waals surface area contributed by atoms with Crippen LogP contribution in [0.15, 0.2) is 36.7 Å². The SMILES string of the molecule is CCCc1nccn1CC(O)CN1CCc2ccccc2C1. The lowest BCUT2D eigenvalue weighted by molar-refractivity contribution is 0.0911. The molecule has 0 spiro atoms. The molecule has 0 fully saturated rings. The average Bonchev–Trinajstić information content (AvgIpc) is 2.94. The van der Waals surface area contributed by atoms with Crippen molar-refractivity contribution in [3.63, 3.8) is 0 Å². The summed E-state index contributed by atoms with van der Waals surface area (Å²) < 4.78 is 2.09. The Balaban J connectivity index is 1.56. The van der Waals surface area contributed by atoms with Crippen LogP contribution in [-0.2, 0) is 25.9 Å². The maximum absolute atomic E-state index is 10.4. The van der Waals surface area contributed by atoms with Gasteiger partial charge < -0.3 is 9.67 Å². The van der Waals surface area contributed by atoms with Crippen LogP contribution in [0.3, 0.4) is 0 Å². The van der Waals surface area contributed by atoms with E-state index in [2.05, 4.69) is 45.6 Å². The molecule has 22 heavy (non-hydrogen) atoms. The van der Waals surface area contributed by atoms with Crippen molar-refractivity contribution in [2.45, 2.75) is 45.4 Å². The molecular weight excluding hydrogens is 274 g/mol. The molecule has 2 aromatic rings. The molecule has 4 nitrogen and oxygen atoms in total. The maximum Gasteiger partial charge on any atom is 0.108 e. The van der Waals surface area contributed by atoms with Gasteiger partial charge in [-0.25, -0.2) is 4.98 Å². The van der Waals surface area contributed by atoms with Crippen molar-refractivity contribution in [2.75, 3.05) is 13.1 Å². The van der Waals surface area contributed by atoms with E-state index < -0.39 is 0 Å². The number of aromatic nitrogens is 2. The monoisotopic (exact) mass is 299 g/mol. The van der Waals surface area contributed by atoms with Crippen LogP contribution in [0.5, 0.6) is 0 Å². The Labute approximate surface area is 132 Å². The summed E-state index contributed by atoms with van der Waals surface area (Å²) in [5.74, 6) is 1.07. The van der Waals surface area contributed by atoms with Gasteiger partial charge in [0.15, 0.2) is 0 Å². The fraction of sp³-hybridized carbons (Fsp3) is 0.500. The fourth-order valence-corrected chi connectivity index (χ4v) is 3.25. The topological polar surface area (TPSA) is 41.3 Å². The number of imidazole rings is 1. The Bertz CT molecular complexity index is 608. The molecule has 3 rings (SSSR count). The standard InChI is InChI=1S/C18H25N3O/c1-2-5-18-19-9-11-21(18)14-17(22)13-20-10-8-15-6-3-4-7-16(15)12-20/h3-4,6-7,9,11,17,22H,2,5,8,10,12-14H2,1H3. The molecule has 0 saturated carbocycles. The molecule has 1 aliphatic rings. The summed E-state index contributed by atoms with van der Waals surface area (Å²) in [6.07, 6.45) is 6.58. The van der Waals surface area contributed by atoms with E-state index in [4.69, 9.17) is 0 Å². The normalized spacial score (nSPS) is 16.5. The second kappa shape index (κ2) is 7.07. The third kappa shape index (κ3) is 3.57. The van der Waals surface area contributed by atoms with Crippen LogP contribution >= 0.6 is 0 Å². The van der Waals surface area contributed by atoms with E-state index in [9.17, 15) is 5.11 Å². The second-order valence-corrected chi connectivity index (χ2v) is 6.15. The molecule has 1 unspecified atom stereocenters. The molecule has 1 aromatic heterocycles. The van der Waals surface area contributed by atoms with E-state index >= 15 is 0 Å². The summed E-state index contributed by atoms with van der Waals surface area (Å²) in [5, 5.41) is 10.4. The minimum Gasteiger partial charge on any atom is -0.390 e. The van der Waals surface area contributed by atoms with Crippen molar-refractivity contribution >= 4 is 0 Å². The van der Waals surface area contributed by atoms with E-state index in [-0.39, 0.29) is 6.10 Å². The smallest absolute Gasteiger partial charge is 0.108 e. The zero-order chi connectivity index (χ0) is 15.4. The number of β-amino-alcohol motifs (C(OH)–C–C–N with tert-alkyl or cyclic N) is 1. The zero-order valence-corrected chi connectivity index (χ0v) is 13.3. The molecular formula is C18H25N3O. The van der Waals surface area contributed by atoms with E-state index in [1.54, 1.807) is 0 Å². The highest BCUT2D eigenvalue weighted by Gasteiger charge is 2.19. The molecule has 0 aliphatic carbocycles. The molecule has 1 N–H and O–H groups in total. The molecule has 118 valence electrons. The number of aliphatic hydroxyl groups is 1. The van der Waals surface area contributed by atoms with Gasteiger partial charge in [0.05, 0.1) is 12.6 Å². The van der Waals surface area contributed by atoms with Crippen LogP contribution < -0.4 is 0 Å². The van der Waals surface area contributed by atoms with Gasteiger partial charge in [-0.1, -0.05) is 31.2 Å². The Morgan fingerprint density at radius 1 is 1.23 bits per heavy atom. The minimum absolute atomic E-state index is 0.352. The predicted octanol–water partition coefficient (Wildman–Crippen LogP) is 2.25. The van der Waals surface area contributed by atoms with E-state index in [0.717, 1.165) is 44.7 Å². The molecule has 4 heteroatoms. The summed E-state index contributed by atoms with van der Waals surface area (Å²) in [7, 11) is 0.